The standard InChI is InChI=1S/C13H17FN2O/c1-15-6-3-7-16(9-8-15)13-11(10-17)4-2-5-12(13)14/h2,4-5,10H,3,6-9H2,1H3. The van der Waals surface area contributed by atoms with E-state index in [9.17, 15) is 9.18 Å². The van der Waals surface area contributed by atoms with Crippen molar-refractivity contribution >= 4 is 12.0 Å². The van der Waals surface area contributed by atoms with Crippen LogP contribution in [-0.2, 0) is 0 Å². The van der Waals surface area contributed by atoms with Gasteiger partial charge < -0.3 is 9.80 Å². The maximum atomic E-state index is 13.8. The molecule has 0 bridgehead atoms. The molecule has 1 aromatic rings. The molecule has 1 saturated heterocycles. The number of benzene rings is 1. The maximum Gasteiger partial charge on any atom is 0.152 e. The van der Waals surface area contributed by atoms with Crippen LogP contribution < -0.4 is 4.90 Å². The number of carbonyl (C=O) groups excluding carboxylic acids is 1. The van der Waals surface area contributed by atoms with E-state index in [1.165, 1.54) is 6.07 Å². The Labute approximate surface area is 101 Å². The SMILES string of the molecule is CN1CCCN(c2c(F)cccc2C=O)CC1. The second-order valence-corrected chi connectivity index (χ2v) is 4.44. The van der Waals surface area contributed by atoms with Crippen LogP contribution in [0.2, 0.25) is 0 Å². The van der Waals surface area contributed by atoms with E-state index in [0.29, 0.717) is 11.3 Å². The summed E-state index contributed by atoms with van der Waals surface area (Å²) in [6, 6.07) is 4.66. The molecule has 0 aromatic heterocycles. The van der Waals surface area contributed by atoms with Crippen molar-refractivity contribution in [2.75, 3.05) is 38.1 Å². The third-order valence-corrected chi connectivity index (χ3v) is 3.18. The summed E-state index contributed by atoms with van der Waals surface area (Å²) in [4.78, 5) is 15.2. The summed E-state index contributed by atoms with van der Waals surface area (Å²) in [7, 11) is 2.06. The van der Waals surface area contributed by atoms with Crippen LogP contribution in [0.25, 0.3) is 0 Å². The van der Waals surface area contributed by atoms with Crippen LogP contribution in [0.1, 0.15) is 16.8 Å². The second-order valence-electron chi connectivity index (χ2n) is 4.44. The Bertz CT molecular complexity index is 408. The molecule has 0 amide bonds. The summed E-state index contributed by atoms with van der Waals surface area (Å²) in [5.41, 5.74) is 0.896. The van der Waals surface area contributed by atoms with Gasteiger partial charge in [-0.1, -0.05) is 6.07 Å². The van der Waals surface area contributed by atoms with Gasteiger partial charge in [0.05, 0.1) is 5.69 Å². The van der Waals surface area contributed by atoms with Crippen molar-refractivity contribution in [3.63, 3.8) is 0 Å². The number of anilines is 1. The summed E-state index contributed by atoms with van der Waals surface area (Å²) in [6.45, 7) is 3.47. The highest BCUT2D eigenvalue weighted by molar-refractivity contribution is 5.84. The normalized spacial score (nSPS) is 17.9. The molecule has 1 aromatic carbocycles. The molecule has 3 nitrogen and oxygen atoms in total. The fourth-order valence-corrected chi connectivity index (χ4v) is 2.23. The second kappa shape index (κ2) is 5.27. The minimum absolute atomic E-state index is 0.306. The quantitative estimate of drug-likeness (QED) is 0.731. The van der Waals surface area contributed by atoms with E-state index in [1.807, 2.05) is 4.90 Å². The summed E-state index contributed by atoms with van der Waals surface area (Å²) in [5.74, 6) is -0.306. The Morgan fingerprint density at radius 3 is 2.82 bits per heavy atom. The molecule has 17 heavy (non-hydrogen) atoms. The Kier molecular flexibility index (Phi) is 3.74. The van der Waals surface area contributed by atoms with Crippen molar-refractivity contribution in [1.29, 1.82) is 0 Å². The van der Waals surface area contributed by atoms with Crippen molar-refractivity contribution in [2.45, 2.75) is 6.42 Å². The van der Waals surface area contributed by atoms with Gasteiger partial charge in [-0.05, 0) is 32.1 Å². The van der Waals surface area contributed by atoms with E-state index in [4.69, 9.17) is 0 Å². The van der Waals surface area contributed by atoms with Gasteiger partial charge in [-0.2, -0.15) is 0 Å². The van der Waals surface area contributed by atoms with Gasteiger partial charge >= 0.3 is 0 Å². The smallest absolute Gasteiger partial charge is 0.152 e. The van der Waals surface area contributed by atoms with Gasteiger partial charge in [0.2, 0.25) is 0 Å². The molecule has 1 fully saturated rings. The molecule has 0 aliphatic carbocycles. The third-order valence-electron chi connectivity index (χ3n) is 3.18. The van der Waals surface area contributed by atoms with Crippen LogP contribution in [0.5, 0.6) is 0 Å². The zero-order chi connectivity index (χ0) is 12.3. The van der Waals surface area contributed by atoms with E-state index in [0.717, 1.165) is 38.9 Å². The zero-order valence-electron chi connectivity index (χ0n) is 10.0. The van der Waals surface area contributed by atoms with Crippen LogP contribution in [0, 0.1) is 5.82 Å². The first-order chi connectivity index (χ1) is 8.22. The van der Waals surface area contributed by atoms with Crippen molar-refractivity contribution < 1.29 is 9.18 Å². The summed E-state index contributed by atoms with van der Waals surface area (Å²) in [5, 5.41) is 0. The molecule has 0 spiro atoms. The van der Waals surface area contributed by atoms with Gasteiger partial charge in [-0.15, -0.1) is 0 Å². The number of hydrogen-bond acceptors (Lipinski definition) is 3. The first-order valence-corrected chi connectivity index (χ1v) is 5.89. The van der Waals surface area contributed by atoms with Crippen molar-refractivity contribution in [3.05, 3.63) is 29.6 Å². The lowest BCUT2D eigenvalue weighted by Crippen LogP contribution is -2.30. The molecular weight excluding hydrogens is 219 g/mol. The van der Waals surface area contributed by atoms with E-state index in [2.05, 4.69) is 11.9 Å². The highest BCUT2D eigenvalue weighted by Crippen LogP contribution is 2.24. The average molecular weight is 236 g/mol. The Balaban J connectivity index is 2.29. The highest BCUT2D eigenvalue weighted by atomic mass is 19.1. The van der Waals surface area contributed by atoms with E-state index >= 15 is 0 Å². The van der Waals surface area contributed by atoms with Crippen LogP contribution in [-0.4, -0.2) is 44.4 Å². The third kappa shape index (κ3) is 2.64. The number of rotatable bonds is 2. The monoisotopic (exact) mass is 236 g/mol. The Hall–Kier alpha value is -1.42. The van der Waals surface area contributed by atoms with E-state index in [1.54, 1.807) is 12.1 Å². The van der Waals surface area contributed by atoms with Crippen LogP contribution in [0.3, 0.4) is 0 Å². The molecule has 0 radical (unpaired) electrons. The number of carbonyl (C=O) groups is 1. The minimum atomic E-state index is -0.306. The molecule has 0 atom stereocenters. The van der Waals surface area contributed by atoms with E-state index < -0.39 is 0 Å². The maximum absolute atomic E-state index is 13.8. The molecule has 0 N–H and O–H groups in total. The molecule has 1 aliphatic rings. The molecule has 92 valence electrons. The Morgan fingerprint density at radius 1 is 1.24 bits per heavy atom. The number of halogens is 1. The molecule has 2 rings (SSSR count). The summed E-state index contributed by atoms with van der Waals surface area (Å²) in [6.07, 6.45) is 1.72. The molecule has 0 unspecified atom stereocenters. The van der Waals surface area contributed by atoms with Gasteiger partial charge in [-0.3, -0.25) is 4.79 Å². The first-order valence-electron chi connectivity index (χ1n) is 5.89. The fraction of sp³-hybridized carbons (Fsp3) is 0.462. The number of nitrogens with zero attached hydrogens (tertiary/aromatic N) is 2. The summed E-state index contributed by atoms with van der Waals surface area (Å²) < 4.78 is 13.8. The van der Waals surface area contributed by atoms with Crippen molar-refractivity contribution in [3.8, 4) is 0 Å². The van der Waals surface area contributed by atoms with Crippen LogP contribution >= 0.6 is 0 Å². The largest absolute Gasteiger partial charge is 0.367 e. The summed E-state index contributed by atoms with van der Waals surface area (Å²) >= 11 is 0. The number of likely N-dealkylation sites (N-methyl/N-ethyl adjacent to an activating group) is 1. The zero-order valence-corrected chi connectivity index (χ0v) is 10.0. The molecule has 1 aliphatic heterocycles. The lowest BCUT2D eigenvalue weighted by molar-refractivity contribution is 0.112. The van der Waals surface area contributed by atoms with Crippen molar-refractivity contribution in [2.24, 2.45) is 0 Å². The predicted molar refractivity (Wildman–Crippen MR) is 66.1 cm³/mol. The highest BCUT2D eigenvalue weighted by Gasteiger charge is 2.18. The minimum Gasteiger partial charge on any atom is -0.367 e. The van der Waals surface area contributed by atoms with Gasteiger partial charge in [0.1, 0.15) is 5.82 Å². The fourth-order valence-electron chi connectivity index (χ4n) is 2.23. The Morgan fingerprint density at radius 2 is 2.06 bits per heavy atom. The number of hydrogen-bond donors (Lipinski definition) is 0. The predicted octanol–water partition coefficient (Wildman–Crippen LogP) is 1.78. The lowest BCUT2D eigenvalue weighted by Gasteiger charge is -2.24. The van der Waals surface area contributed by atoms with Gasteiger partial charge in [0.25, 0.3) is 0 Å². The molecule has 0 saturated carbocycles. The van der Waals surface area contributed by atoms with Gasteiger partial charge in [-0.25, -0.2) is 4.39 Å². The van der Waals surface area contributed by atoms with Gasteiger partial charge in [0, 0.05) is 25.2 Å². The van der Waals surface area contributed by atoms with Gasteiger partial charge in [0.15, 0.2) is 6.29 Å². The van der Waals surface area contributed by atoms with Crippen LogP contribution in [0.15, 0.2) is 18.2 Å². The number of para-hydroxylation sites is 1. The molecule has 1 heterocycles. The van der Waals surface area contributed by atoms with E-state index in [-0.39, 0.29) is 5.82 Å². The topological polar surface area (TPSA) is 23.6 Å². The van der Waals surface area contributed by atoms with Crippen LogP contribution in [0.4, 0.5) is 10.1 Å². The average Bonchev–Trinajstić information content (AvgIpc) is 2.54. The molecule has 4 heteroatoms. The first kappa shape index (κ1) is 12.0. The lowest BCUT2D eigenvalue weighted by atomic mass is 10.1. The number of aldehydes is 1. The molecular formula is C13H17FN2O. The van der Waals surface area contributed by atoms with Crippen molar-refractivity contribution in [1.82, 2.24) is 4.90 Å².